The highest BCUT2D eigenvalue weighted by molar-refractivity contribution is 5.83. The van der Waals surface area contributed by atoms with Crippen LogP contribution in [-0.2, 0) is 7.05 Å². The van der Waals surface area contributed by atoms with Gasteiger partial charge in [-0.05, 0) is 25.5 Å². The van der Waals surface area contributed by atoms with Gasteiger partial charge in [0.2, 0.25) is 5.95 Å². The maximum Gasteiger partial charge on any atom is 0.262 e. The summed E-state index contributed by atoms with van der Waals surface area (Å²) in [7, 11) is 1.54. The molecule has 2 heterocycles. The predicted molar refractivity (Wildman–Crippen MR) is 84.4 cm³/mol. The third-order valence-corrected chi connectivity index (χ3v) is 4.25. The predicted octanol–water partition coefficient (Wildman–Crippen LogP) is 1.79. The summed E-state index contributed by atoms with van der Waals surface area (Å²) in [5.74, 6) is 0.219. The van der Waals surface area contributed by atoms with Gasteiger partial charge in [0.15, 0.2) is 12.3 Å². The van der Waals surface area contributed by atoms with Crippen LogP contribution in [0.15, 0.2) is 16.9 Å². The van der Waals surface area contributed by atoms with Crippen LogP contribution in [-0.4, -0.2) is 40.1 Å². The molecule has 3 atom stereocenters. The second-order valence-corrected chi connectivity index (χ2v) is 6.14. The zero-order valence-corrected chi connectivity index (χ0v) is 13.3. The molecular formula is C16H19F2N3O2. The molecule has 0 amide bonds. The van der Waals surface area contributed by atoms with E-state index in [0.29, 0.717) is 16.5 Å². The van der Waals surface area contributed by atoms with E-state index < -0.39 is 18.4 Å². The average molecular weight is 323 g/mol. The molecule has 1 unspecified atom stereocenters. The fraction of sp³-hybridized carbons (Fsp3) is 0.500. The lowest BCUT2D eigenvalue weighted by Gasteiger charge is -2.21. The van der Waals surface area contributed by atoms with Crippen LogP contribution in [0.25, 0.3) is 10.9 Å². The van der Waals surface area contributed by atoms with Crippen LogP contribution in [0.5, 0.6) is 0 Å². The Balaban J connectivity index is 2.25. The zero-order valence-electron chi connectivity index (χ0n) is 13.3. The van der Waals surface area contributed by atoms with Gasteiger partial charge in [0.05, 0.1) is 30.1 Å². The number of anilines is 1. The highest BCUT2D eigenvalue weighted by Gasteiger charge is 2.35. The maximum absolute atomic E-state index is 13.5. The van der Waals surface area contributed by atoms with E-state index in [0.717, 1.165) is 5.56 Å². The van der Waals surface area contributed by atoms with Gasteiger partial charge < -0.3 is 10.0 Å². The summed E-state index contributed by atoms with van der Waals surface area (Å²) in [4.78, 5) is 18.5. The standard InChI is InChI=1S/C16H19F2N3O2/c1-8-4-10(9(2)22)14-11(5-8)15(23)20(3)16(19-14)21-6-12(17)13(18)7-21/h4-5,9,12-13,22H,6-7H2,1-3H3/t9?,12-,13-/m1/s1. The quantitative estimate of drug-likeness (QED) is 0.915. The summed E-state index contributed by atoms with van der Waals surface area (Å²) in [5, 5.41) is 10.4. The zero-order chi connectivity index (χ0) is 16.9. The molecule has 0 bridgehead atoms. The molecule has 1 saturated heterocycles. The normalized spacial score (nSPS) is 22.8. The molecule has 124 valence electrons. The minimum Gasteiger partial charge on any atom is -0.389 e. The van der Waals surface area contributed by atoms with Crippen LogP contribution in [0.2, 0.25) is 0 Å². The van der Waals surface area contributed by atoms with Crippen molar-refractivity contribution in [3.05, 3.63) is 33.6 Å². The number of halogens is 2. The Morgan fingerprint density at radius 1 is 1.30 bits per heavy atom. The highest BCUT2D eigenvalue weighted by Crippen LogP contribution is 2.27. The first-order valence-corrected chi connectivity index (χ1v) is 7.52. The number of hydrogen-bond donors (Lipinski definition) is 1. The van der Waals surface area contributed by atoms with Crippen LogP contribution in [0.4, 0.5) is 14.7 Å². The first-order valence-electron chi connectivity index (χ1n) is 7.52. The van der Waals surface area contributed by atoms with E-state index in [1.165, 1.54) is 16.5 Å². The van der Waals surface area contributed by atoms with E-state index in [9.17, 15) is 18.7 Å². The van der Waals surface area contributed by atoms with Gasteiger partial charge in [0.25, 0.3) is 5.56 Å². The molecule has 2 aromatic rings. The van der Waals surface area contributed by atoms with Crippen LogP contribution < -0.4 is 10.5 Å². The number of rotatable bonds is 2. The van der Waals surface area contributed by atoms with Gasteiger partial charge in [-0.25, -0.2) is 13.8 Å². The van der Waals surface area contributed by atoms with Gasteiger partial charge in [0, 0.05) is 12.6 Å². The van der Waals surface area contributed by atoms with Crippen LogP contribution in [0.3, 0.4) is 0 Å². The first-order chi connectivity index (χ1) is 10.8. The fourth-order valence-corrected chi connectivity index (χ4v) is 3.03. The molecule has 0 saturated carbocycles. The maximum atomic E-state index is 13.5. The van der Waals surface area contributed by atoms with Crippen molar-refractivity contribution < 1.29 is 13.9 Å². The van der Waals surface area contributed by atoms with Crippen molar-refractivity contribution in [2.24, 2.45) is 7.05 Å². The topological polar surface area (TPSA) is 58.4 Å². The number of nitrogens with zero attached hydrogens (tertiary/aromatic N) is 3. The molecular weight excluding hydrogens is 304 g/mol. The van der Waals surface area contributed by atoms with Crippen molar-refractivity contribution in [1.29, 1.82) is 0 Å². The van der Waals surface area contributed by atoms with Crippen molar-refractivity contribution in [1.82, 2.24) is 9.55 Å². The van der Waals surface area contributed by atoms with E-state index in [1.54, 1.807) is 19.1 Å². The largest absolute Gasteiger partial charge is 0.389 e. The molecule has 1 aromatic heterocycles. The van der Waals surface area contributed by atoms with Gasteiger partial charge in [-0.1, -0.05) is 6.07 Å². The van der Waals surface area contributed by atoms with Crippen LogP contribution in [0.1, 0.15) is 24.2 Å². The summed E-state index contributed by atoms with van der Waals surface area (Å²) in [6.07, 6.45) is -3.97. The Kier molecular flexibility index (Phi) is 3.83. The summed E-state index contributed by atoms with van der Waals surface area (Å²) in [6.45, 7) is 3.16. The van der Waals surface area contributed by atoms with E-state index in [4.69, 9.17) is 0 Å². The number of hydrogen-bond acceptors (Lipinski definition) is 4. The third-order valence-electron chi connectivity index (χ3n) is 4.25. The molecule has 5 nitrogen and oxygen atoms in total. The van der Waals surface area contributed by atoms with Crippen molar-refractivity contribution in [3.63, 3.8) is 0 Å². The Hall–Kier alpha value is -2.02. The number of aromatic nitrogens is 2. The third kappa shape index (κ3) is 2.59. The minimum atomic E-state index is -1.59. The molecule has 0 aliphatic carbocycles. The second kappa shape index (κ2) is 5.56. The van der Waals surface area contributed by atoms with Gasteiger partial charge in [-0.3, -0.25) is 9.36 Å². The smallest absolute Gasteiger partial charge is 0.262 e. The van der Waals surface area contributed by atoms with E-state index in [2.05, 4.69) is 4.98 Å². The summed E-state index contributed by atoms with van der Waals surface area (Å²) in [5.41, 5.74) is 1.45. The monoisotopic (exact) mass is 323 g/mol. The molecule has 0 radical (unpaired) electrons. The number of aliphatic hydroxyl groups excluding tert-OH is 1. The lowest BCUT2D eigenvalue weighted by atomic mass is 10.0. The molecule has 1 fully saturated rings. The van der Waals surface area contributed by atoms with Gasteiger partial charge >= 0.3 is 0 Å². The molecule has 1 aromatic carbocycles. The Labute approximate surface area is 132 Å². The van der Waals surface area contributed by atoms with E-state index >= 15 is 0 Å². The Morgan fingerprint density at radius 3 is 2.48 bits per heavy atom. The average Bonchev–Trinajstić information content (AvgIpc) is 2.81. The van der Waals surface area contributed by atoms with Crippen molar-refractivity contribution in [2.75, 3.05) is 18.0 Å². The number of alkyl halides is 2. The Morgan fingerprint density at radius 2 is 1.91 bits per heavy atom. The van der Waals surface area contributed by atoms with Crippen molar-refractivity contribution >= 4 is 16.9 Å². The van der Waals surface area contributed by atoms with Crippen LogP contribution in [0, 0.1) is 6.92 Å². The van der Waals surface area contributed by atoms with E-state index in [1.807, 2.05) is 6.92 Å². The van der Waals surface area contributed by atoms with Crippen molar-refractivity contribution in [3.8, 4) is 0 Å². The summed E-state index contributed by atoms with van der Waals surface area (Å²) in [6, 6.07) is 3.48. The Bertz CT molecular complexity index is 809. The van der Waals surface area contributed by atoms with E-state index in [-0.39, 0.29) is 24.6 Å². The van der Waals surface area contributed by atoms with Crippen LogP contribution >= 0.6 is 0 Å². The van der Waals surface area contributed by atoms with Gasteiger partial charge in [-0.15, -0.1) is 0 Å². The molecule has 1 N–H and O–H groups in total. The number of aliphatic hydroxyl groups is 1. The molecule has 1 aliphatic heterocycles. The first kappa shape index (κ1) is 15.9. The number of aryl methyl sites for hydroxylation is 1. The molecule has 7 heteroatoms. The lowest BCUT2D eigenvalue weighted by molar-refractivity contribution is 0.200. The molecule has 1 aliphatic rings. The molecule has 0 spiro atoms. The van der Waals surface area contributed by atoms with Gasteiger partial charge in [0.1, 0.15) is 0 Å². The minimum absolute atomic E-state index is 0.136. The van der Waals surface area contributed by atoms with Gasteiger partial charge in [-0.2, -0.15) is 0 Å². The number of benzene rings is 1. The number of fused-ring (bicyclic) bond motifs is 1. The lowest BCUT2D eigenvalue weighted by Crippen LogP contribution is -2.31. The fourth-order valence-electron chi connectivity index (χ4n) is 3.03. The highest BCUT2D eigenvalue weighted by atomic mass is 19.2. The summed E-state index contributed by atoms with van der Waals surface area (Å²) >= 11 is 0. The molecule has 23 heavy (non-hydrogen) atoms. The molecule has 3 rings (SSSR count). The summed E-state index contributed by atoms with van der Waals surface area (Å²) < 4.78 is 28.3. The SMILES string of the molecule is Cc1cc(C(C)O)c2nc(N3C[C@@H](F)[C@H](F)C3)n(C)c(=O)c2c1. The van der Waals surface area contributed by atoms with Crippen molar-refractivity contribution in [2.45, 2.75) is 32.3 Å². The second-order valence-electron chi connectivity index (χ2n) is 6.14.